The number of aliphatic hydroxyl groups is 1. The molecule has 0 aliphatic rings. The molecule has 1 unspecified atom stereocenters. The van der Waals surface area contributed by atoms with Crippen molar-refractivity contribution >= 4 is 5.97 Å². The van der Waals surface area contributed by atoms with Crippen molar-refractivity contribution < 1.29 is 28.2 Å². The topological polar surface area (TPSA) is 69.6 Å². The van der Waals surface area contributed by atoms with Crippen molar-refractivity contribution in [3.05, 3.63) is 35.4 Å². The third kappa shape index (κ3) is 4.88. The van der Waals surface area contributed by atoms with Gasteiger partial charge < -0.3 is 15.5 Å². The number of benzene rings is 1. The van der Waals surface area contributed by atoms with Crippen LogP contribution in [0, 0.1) is 5.92 Å². The maximum atomic E-state index is 12.3. The summed E-state index contributed by atoms with van der Waals surface area (Å²) in [5.74, 6) is -4.31. The van der Waals surface area contributed by atoms with Gasteiger partial charge in [0.15, 0.2) is 5.92 Å². The molecule has 1 atom stereocenters. The molecule has 3 N–H and O–H groups in total. The van der Waals surface area contributed by atoms with Gasteiger partial charge in [0.05, 0.1) is 6.61 Å². The highest BCUT2D eigenvalue weighted by Gasteiger charge is 2.44. The standard InChI is InChI=1S/C12H14F3NO3/c13-12(14,15)10(11(18)19)6-16-5-8-1-3-9(7-17)4-2-8/h1-4,10,16-17H,5-7H2,(H,18,19). The second-order valence-electron chi connectivity index (χ2n) is 4.04. The second kappa shape index (κ2) is 6.53. The molecule has 19 heavy (non-hydrogen) atoms. The number of aliphatic hydroxyl groups excluding tert-OH is 1. The molecule has 4 nitrogen and oxygen atoms in total. The zero-order valence-corrected chi connectivity index (χ0v) is 9.94. The monoisotopic (exact) mass is 277 g/mol. The number of carboxylic acid groups (broad SMARTS) is 1. The summed E-state index contributed by atoms with van der Waals surface area (Å²) < 4.78 is 37.0. The van der Waals surface area contributed by atoms with Crippen molar-refractivity contribution in [2.24, 2.45) is 5.92 Å². The van der Waals surface area contributed by atoms with E-state index < -0.39 is 24.6 Å². The van der Waals surface area contributed by atoms with Gasteiger partial charge in [-0.05, 0) is 11.1 Å². The lowest BCUT2D eigenvalue weighted by molar-refractivity contribution is -0.192. The molecule has 0 aliphatic heterocycles. The zero-order valence-electron chi connectivity index (χ0n) is 9.94. The Balaban J connectivity index is 2.50. The molecule has 1 aromatic carbocycles. The highest BCUT2D eigenvalue weighted by atomic mass is 19.4. The Hall–Kier alpha value is -1.60. The average Bonchev–Trinajstić information content (AvgIpc) is 2.33. The molecule has 0 bridgehead atoms. The molecule has 0 fully saturated rings. The summed E-state index contributed by atoms with van der Waals surface area (Å²) in [6.45, 7) is -0.658. The van der Waals surface area contributed by atoms with Gasteiger partial charge in [0, 0.05) is 13.1 Å². The Morgan fingerprint density at radius 2 is 1.74 bits per heavy atom. The van der Waals surface area contributed by atoms with Gasteiger partial charge in [-0.1, -0.05) is 24.3 Å². The summed E-state index contributed by atoms with van der Waals surface area (Å²) in [4.78, 5) is 10.5. The normalized spacial score (nSPS) is 13.3. The van der Waals surface area contributed by atoms with Crippen molar-refractivity contribution in [2.45, 2.75) is 19.3 Å². The Bertz CT molecular complexity index is 417. The van der Waals surface area contributed by atoms with Crippen LogP contribution in [-0.2, 0) is 17.9 Å². The molecule has 0 aliphatic carbocycles. The molecule has 1 aromatic rings. The molecule has 7 heteroatoms. The Labute approximate surface area is 107 Å². The Kier molecular flexibility index (Phi) is 5.31. The van der Waals surface area contributed by atoms with Crippen LogP contribution in [-0.4, -0.2) is 28.9 Å². The second-order valence-corrected chi connectivity index (χ2v) is 4.04. The molecule has 106 valence electrons. The lowest BCUT2D eigenvalue weighted by Gasteiger charge is -2.16. The summed E-state index contributed by atoms with van der Waals surface area (Å²) >= 11 is 0. The quantitative estimate of drug-likeness (QED) is 0.737. The van der Waals surface area contributed by atoms with E-state index in [1.165, 1.54) is 0 Å². The largest absolute Gasteiger partial charge is 0.481 e. The number of alkyl halides is 3. The van der Waals surface area contributed by atoms with Crippen LogP contribution in [0.25, 0.3) is 0 Å². The number of rotatable bonds is 6. The van der Waals surface area contributed by atoms with E-state index in [9.17, 15) is 18.0 Å². The average molecular weight is 277 g/mol. The molecule has 0 saturated heterocycles. The van der Waals surface area contributed by atoms with Crippen LogP contribution < -0.4 is 5.32 Å². The van der Waals surface area contributed by atoms with Crippen molar-refractivity contribution in [1.82, 2.24) is 5.32 Å². The number of nitrogens with one attached hydrogen (secondary N) is 1. The van der Waals surface area contributed by atoms with Gasteiger partial charge >= 0.3 is 12.1 Å². The first-order valence-electron chi connectivity index (χ1n) is 5.53. The van der Waals surface area contributed by atoms with Crippen molar-refractivity contribution in [3.8, 4) is 0 Å². The third-order valence-electron chi connectivity index (χ3n) is 2.58. The first-order chi connectivity index (χ1) is 8.84. The molecule has 0 amide bonds. The van der Waals surface area contributed by atoms with Gasteiger partial charge in [-0.3, -0.25) is 4.79 Å². The van der Waals surface area contributed by atoms with E-state index in [4.69, 9.17) is 10.2 Å². The number of carbonyl (C=O) groups is 1. The SMILES string of the molecule is O=C(O)C(CNCc1ccc(CO)cc1)C(F)(F)F. The van der Waals surface area contributed by atoms with Gasteiger partial charge in [0.1, 0.15) is 0 Å². The summed E-state index contributed by atoms with van der Waals surface area (Å²) in [5, 5.41) is 19.8. The molecule has 0 saturated carbocycles. The van der Waals surface area contributed by atoms with E-state index in [0.29, 0.717) is 11.1 Å². The maximum Gasteiger partial charge on any atom is 0.403 e. The van der Waals surface area contributed by atoms with Gasteiger partial charge in [-0.2, -0.15) is 13.2 Å². The van der Waals surface area contributed by atoms with Crippen molar-refractivity contribution in [3.63, 3.8) is 0 Å². The number of aliphatic carboxylic acids is 1. The van der Waals surface area contributed by atoms with Crippen molar-refractivity contribution in [1.29, 1.82) is 0 Å². The van der Waals surface area contributed by atoms with E-state index in [2.05, 4.69) is 5.32 Å². The van der Waals surface area contributed by atoms with Crippen LogP contribution in [0.15, 0.2) is 24.3 Å². The number of hydrogen-bond acceptors (Lipinski definition) is 3. The summed E-state index contributed by atoms with van der Waals surface area (Å²) in [6.07, 6.45) is -4.76. The molecule has 0 heterocycles. The Morgan fingerprint density at radius 1 is 1.21 bits per heavy atom. The van der Waals surface area contributed by atoms with Crippen LogP contribution in [0.2, 0.25) is 0 Å². The van der Waals surface area contributed by atoms with Gasteiger partial charge in [-0.15, -0.1) is 0 Å². The van der Waals surface area contributed by atoms with E-state index in [0.717, 1.165) is 0 Å². The predicted octanol–water partition coefficient (Wildman–Crippen LogP) is 1.53. The number of hydrogen-bond donors (Lipinski definition) is 3. The van der Waals surface area contributed by atoms with Crippen LogP contribution in [0.5, 0.6) is 0 Å². The fraction of sp³-hybridized carbons (Fsp3) is 0.417. The van der Waals surface area contributed by atoms with Gasteiger partial charge in [0.25, 0.3) is 0 Å². The van der Waals surface area contributed by atoms with Gasteiger partial charge in [-0.25, -0.2) is 0 Å². The van der Waals surface area contributed by atoms with Crippen LogP contribution >= 0.6 is 0 Å². The Morgan fingerprint density at radius 3 is 2.16 bits per heavy atom. The fourth-order valence-corrected chi connectivity index (χ4v) is 1.47. The molecular formula is C12H14F3NO3. The van der Waals surface area contributed by atoms with E-state index in [1.807, 2.05) is 0 Å². The van der Waals surface area contributed by atoms with Gasteiger partial charge in [0.2, 0.25) is 0 Å². The lowest BCUT2D eigenvalue weighted by Crippen LogP contribution is -2.38. The van der Waals surface area contributed by atoms with E-state index >= 15 is 0 Å². The highest BCUT2D eigenvalue weighted by Crippen LogP contribution is 2.25. The van der Waals surface area contributed by atoms with Crippen LogP contribution in [0.4, 0.5) is 13.2 Å². The summed E-state index contributed by atoms with van der Waals surface area (Å²) in [6, 6.07) is 6.61. The summed E-state index contributed by atoms with van der Waals surface area (Å²) in [7, 11) is 0. The van der Waals surface area contributed by atoms with E-state index in [-0.39, 0.29) is 13.2 Å². The lowest BCUT2D eigenvalue weighted by atomic mass is 10.1. The maximum absolute atomic E-state index is 12.3. The number of carboxylic acids is 1. The molecule has 0 spiro atoms. The van der Waals surface area contributed by atoms with Crippen LogP contribution in [0.3, 0.4) is 0 Å². The first-order valence-corrected chi connectivity index (χ1v) is 5.53. The molecule has 1 rings (SSSR count). The predicted molar refractivity (Wildman–Crippen MR) is 61.3 cm³/mol. The smallest absolute Gasteiger partial charge is 0.403 e. The minimum Gasteiger partial charge on any atom is -0.481 e. The molecular weight excluding hydrogens is 263 g/mol. The summed E-state index contributed by atoms with van der Waals surface area (Å²) in [5.41, 5.74) is 1.41. The minimum absolute atomic E-state index is 0.108. The van der Waals surface area contributed by atoms with Crippen molar-refractivity contribution in [2.75, 3.05) is 6.54 Å². The number of halogens is 3. The highest BCUT2D eigenvalue weighted by molar-refractivity contribution is 5.71. The molecule has 0 aromatic heterocycles. The zero-order chi connectivity index (χ0) is 14.5. The van der Waals surface area contributed by atoms with E-state index in [1.54, 1.807) is 24.3 Å². The van der Waals surface area contributed by atoms with Crippen LogP contribution in [0.1, 0.15) is 11.1 Å². The molecule has 0 radical (unpaired) electrons. The third-order valence-corrected chi connectivity index (χ3v) is 2.58. The fourth-order valence-electron chi connectivity index (χ4n) is 1.47. The minimum atomic E-state index is -4.76. The first kappa shape index (κ1) is 15.5.